The Hall–Kier alpha value is -0.610. The van der Waals surface area contributed by atoms with Crippen LogP contribution in [0, 0.1) is 11.2 Å². The average Bonchev–Trinajstić information content (AvgIpc) is 3.11. The van der Waals surface area contributed by atoms with Crippen molar-refractivity contribution in [1.82, 2.24) is 5.32 Å². The summed E-state index contributed by atoms with van der Waals surface area (Å²) in [5.41, 5.74) is 0.531. The second-order valence-electron chi connectivity index (χ2n) is 4.75. The Labute approximate surface area is 119 Å². The largest absolute Gasteiger partial charge is 0.351 e. The van der Waals surface area contributed by atoms with E-state index in [9.17, 15) is 9.18 Å². The maximum absolute atomic E-state index is 13.3. The Morgan fingerprint density at radius 3 is 2.78 bits per heavy atom. The van der Waals surface area contributed by atoms with Crippen LogP contribution in [0.15, 0.2) is 22.7 Å². The van der Waals surface area contributed by atoms with Crippen LogP contribution < -0.4 is 5.32 Å². The lowest BCUT2D eigenvalue weighted by molar-refractivity contribution is 0.0944. The molecule has 0 saturated heterocycles. The minimum absolute atomic E-state index is 0.186. The molecule has 18 heavy (non-hydrogen) atoms. The molecule has 1 aromatic rings. The fourth-order valence-electron chi connectivity index (χ4n) is 1.90. The lowest BCUT2D eigenvalue weighted by Gasteiger charge is -2.14. The van der Waals surface area contributed by atoms with Gasteiger partial charge < -0.3 is 5.32 Å². The molecule has 0 unspecified atom stereocenters. The van der Waals surface area contributed by atoms with Crippen molar-refractivity contribution >= 4 is 33.4 Å². The molecule has 0 spiro atoms. The fourth-order valence-corrected chi connectivity index (χ4v) is 2.55. The molecule has 98 valence electrons. The zero-order valence-electron chi connectivity index (χ0n) is 9.81. The zero-order chi connectivity index (χ0) is 13.2. The van der Waals surface area contributed by atoms with Gasteiger partial charge in [0.25, 0.3) is 5.91 Å². The van der Waals surface area contributed by atoms with E-state index < -0.39 is 5.82 Å². The van der Waals surface area contributed by atoms with Gasteiger partial charge in [0.15, 0.2) is 0 Å². The third kappa shape index (κ3) is 3.23. The predicted octanol–water partition coefficient (Wildman–Crippen LogP) is 3.73. The summed E-state index contributed by atoms with van der Waals surface area (Å²) in [6.07, 6.45) is 3.13. The molecule has 1 aliphatic carbocycles. The highest BCUT2D eigenvalue weighted by Crippen LogP contribution is 2.48. The van der Waals surface area contributed by atoms with Crippen LogP contribution in [-0.2, 0) is 0 Å². The zero-order valence-corrected chi connectivity index (χ0v) is 12.2. The fraction of sp³-hybridized carbons (Fsp3) is 0.462. The molecule has 5 heteroatoms. The van der Waals surface area contributed by atoms with E-state index in [0.717, 1.165) is 19.3 Å². The van der Waals surface area contributed by atoms with Crippen LogP contribution in [0.3, 0.4) is 0 Å². The second-order valence-corrected chi connectivity index (χ2v) is 5.98. The first-order valence-electron chi connectivity index (χ1n) is 5.86. The molecular formula is C13H14BrClFNO. The number of hydrogen-bond donors (Lipinski definition) is 1. The Morgan fingerprint density at radius 1 is 1.50 bits per heavy atom. The number of carbonyl (C=O) groups is 1. The number of carbonyl (C=O) groups excluding carboxylic acids is 1. The number of rotatable bonds is 5. The summed E-state index contributed by atoms with van der Waals surface area (Å²) in [4.78, 5) is 11.9. The van der Waals surface area contributed by atoms with Crippen molar-refractivity contribution in [3.63, 3.8) is 0 Å². The van der Waals surface area contributed by atoms with Crippen LogP contribution in [0.5, 0.6) is 0 Å². The maximum Gasteiger partial charge on any atom is 0.251 e. The quantitative estimate of drug-likeness (QED) is 0.817. The van der Waals surface area contributed by atoms with Crippen LogP contribution >= 0.6 is 27.5 Å². The first-order chi connectivity index (χ1) is 8.56. The molecule has 1 saturated carbocycles. The van der Waals surface area contributed by atoms with Crippen molar-refractivity contribution in [1.29, 1.82) is 0 Å². The molecule has 0 radical (unpaired) electrons. The van der Waals surface area contributed by atoms with Crippen LogP contribution in [0.1, 0.15) is 29.6 Å². The number of alkyl halides is 1. The highest BCUT2D eigenvalue weighted by molar-refractivity contribution is 9.10. The van der Waals surface area contributed by atoms with Gasteiger partial charge in [0.1, 0.15) is 5.82 Å². The summed E-state index contributed by atoms with van der Waals surface area (Å²) in [6, 6.07) is 4.38. The number of halogens is 3. The molecule has 0 atom stereocenters. The number of nitrogens with one attached hydrogen (secondary N) is 1. The number of benzene rings is 1. The molecule has 1 amide bonds. The Balaban J connectivity index is 1.93. The van der Waals surface area contributed by atoms with E-state index in [1.807, 2.05) is 0 Å². The third-order valence-corrected chi connectivity index (χ3v) is 4.22. The molecule has 1 fully saturated rings. The van der Waals surface area contributed by atoms with Crippen molar-refractivity contribution in [2.45, 2.75) is 19.3 Å². The highest BCUT2D eigenvalue weighted by atomic mass is 79.9. The van der Waals surface area contributed by atoms with Crippen molar-refractivity contribution in [3.05, 3.63) is 34.1 Å². The first kappa shape index (κ1) is 13.8. The summed E-state index contributed by atoms with van der Waals surface area (Å²) < 4.78 is 13.7. The predicted molar refractivity (Wildman–Crippen MR) is 73.4 cm³/mol. The third-order valence-electron chi connectivity index (χ3n) is 3.39. The van der Waals surface area contributed by atoms with Crippen LogP contribution in [0.4, 0.5) is 4.39 Å². The van der Waals surface area contributed by atoms with Crippen molar-refractivity contribution in [2.75, 3.05) is 12.4 Å². The molecule has 0 heterocycles. The smallest absolute Gasteiger partial charge is 0.251 e. The second kappa shape index (κ2) is 5.57. The lowest BCUT2D eigenvalue weighted by atomic mass is 10.0. The molecule has 2 nitrogen and oxygen atoms in total. The van der Waals surface area contributed by atoms with Crippen molar-refractivity contribution in [2.24, 2.45) is 5.41 Å². The molecule has 0 bridgehead atoms. The average molecular weight is 335 g/mol. The first-order valence-corrected chi connectivity index (χ1v) is 7.18. The van der Waals surface area contributed by atoms with Gasteiger partial charge in [-0.05, 0) is 58.8 Å². The van der Waals surface area contributed by atoms with Gasteiger partial charge in [-0.2, -0.15) is 0 Å². The standard InChI is InChI=1S/C13H14BrClFNO/c14-10-2-1-9(7-11(10)16)12(18)17-8-13(3-4-13)5-6-15/h1-2,7H,3-6,8H2,(H,17,18). The van der Waals surface area contributed by atoms with Gasteiger partial charge in [0.2, 0.25) is 0 Å². The van der Waals surface area contributed by atoms with E-state index in [1.54, 1.807) is 6.07 Å². The van der Waals surface area contributed by atoms with E-state index in [-0.39, 0.29) is 11.3 Å². The van der Waals surface area contributed by atoms with Gasteiger partial charge in [-0.3, -0.25) is 4.79 Å². The highest BCUT2D eigenvalue weighted by Gasteiger charge is 2.41. The molecule has 1 N–H and O–H groups in total. The Kier molecular flexibility index (Phi) is 4.28. The topological polar surface area (TPSA) is 29.1 Å². The van der Waals surface area contributed by atoms with Gasteiger partial charge in [-0.1, -0.05) is 0 Å². The summed E-state index contributed by atoms with van der Waals surface area (Å²) in [7, 11) is 0. The minimum atomic E-state index is -0.426. The van der Waals surface area contributed by atoms with E-state index >= 15 is 0 Å². The van der Waals surface area contributed by atoms with E-state index in [2.05, 4.69) is 21.2 Å². The molecule has 0 aliphatic heterocycles. The normalized spacial score (nSPS) is 16.4. The van der Waals surface area contributed by atoms with Crippen molar-refractivity contribution in [3.8, 4) is 0 Å². The minimum Gasteiger partial charge on any atom is -0.351 e. The summed E-state index contributed by atoms with van der Waals surface area (Å²) >= 11 is 8.79. The number of hydrogen-bond acceptors (Lipinski definition) is 1. The van der Waals surface area contributed by atoms with Crippen LogP contribution in [0.2, 0.25) is 0 Å². The monoisotopic (exact) mass is 333 g/mol. The SMILES string of the molecule is O=C(NCC1(CCCl)CC1)c1ccc(Br)c(F)c1. The van der Waals surface area contributed by atoms with Crippen molar-refractivity contribution < 1.29 is 9.18 Å². The van der Waals surface area contributed by atoms with Gasteiger partial charge >= 0.3 is 0 Å². The number of amides is 1. The molecule has 0 aromatic heterocycles. The van der Waals surface area contributed by atoms with Gasteiger partial charge in [0, 0.05) is 18.0 Å². The summed E-state index contributed by atoms with van der Waals surface area (Å²) in [6.45, 7) is 0.621. The molecule has 1 aromatic carbocycles. The lowest BCUT2D eigenvalue weighted by Crippen LogP contribution is -2.30. The van der Waals surface area contributed by atoms with E-state index in [0.29, 0.717) is 22.5 Å². The Morgan fingerprint density at radius 2 is 2.22 bits per heavy atom. The van der Waals surface area contributed by atoms with Gasteiger partial charge in [-0.25, -0.2) is 4.39 Å². The molecular weight excluding hydrogens is 321 g/mol. The van der Waals surface area contributed by atoms with Crippen LogP contribution in [-0.4, -0.2) is 18.3 Å². The molecule has 1 aliphatic rings. The molecule has 2 rings (SSSR count). The summed E-state index contributed by atoms with van der Waals surface area (Å²) in [5, 5.41) is 2.85. The summed E-state index contributed by atoms with van der Waals surface area (Å²) in [5.74, 6) is -0.0465. The maximum atomic E-state index is 13.3. The van der Waals surface area contributed by atoms with Crippen LogP contribution in [0.25, 0.3) is 0 Å². The van der Waals surface area contributed by atoms with E-state index in [4.69, 9.17) is 11.6 Å². The Bertz CT molecular complexity index is 462. The van der Waals surface area contributed by atoms with Gasteiger partial charge in [0.05, 0.1) is 4.47 Å². The van der Waals surface area contributed by atoms with E-state index in [1.165, 1.54) is 12.1 Å². The van der Waals surface area contributed by atoms with Gasteiger partial charge in [-0.15, -0.1) is 11.6 Å².